The largest absolute Gasteiger partial charge is 0.381 e. The van der Waals surface area contributed by atoms with Crippen LogP contribution in [0.25, 0.3) is 0 Å². The van der Waals surface area contributed by atoms with E-state index >= 15 is 0 Å². The van der Waals surface area contributed by atoms with E-state index in [4.69, 9.17) is 4.74 Å². The Balaban J connectivity index is 1.82. The highest BCUT2D eigenvalue weighted by molar-refractivity contribution is 5.23. The second-order valence-electron chi connectivity index (χ2n) is 6.64. The molecule has 0 amide bonds. The number of nitrogens with zero attached hydrogens (tertiary/aromatic N) is 1. The number of hydrogen-bond donors (Lipinski definition) is 1. The van der Waals surface area contributed by atoms with Gasteiger partial charge < -0.3 is 15.0 Å². The van der Waals surface area contributed by atoms with Crippen molar-refractivity contribution in [2.45, 2.75) is 45.8 Å². The molecular formula is C18H30N2O. The molecule has 3 nitrogen and oxygen atoms in total. The highest BCUT2D eigenvalue weighted by Crippen LogP contribution is 2.16. The van der Waals surface area contributed by atoms with Crippen molar-refractivity contribution in [3.8, 4) is 0 Å². The van der Waals surface area contributed by atoms with Gasteiger partial charge in [0.25, 0.3) is 0 Å². The first-order valence-electron chi connectivity index (χ1n) is 8.21. The second kappa shape index (κ2) is 8.52. The smallest absolute Gasteiger partial charge is 0.0506 e. The summed E-state index contributed by atoms with van der Waals surface area (Å²) in [5.74, 6) is 0.703. The molecule has 1 atom stereocenters. The molecule has 0 aromatic heterocycles. The van der Waals surface area contributed by atoms with Crippen molar-refractivity contribution in [1.29, 1.82) is 0 Å². The summed E-state index contributed by atoms with van der Waals surface area (Å²) in [4.78, 5) is 2.42. The predicted octanol–water partition coefficient (Wildman–Crippen LogP) is 3.04. The molecule has 0 radical (unpaired) electrons. The molecule has 1 aromatic rings. The summed E-state index contributed by atoms with van der Waals surface area (Å²) >= 11 is 0. The van der Waals surface area contributed by atoms with Crippen LogP contribution in [0, 0.1) is 5.92 Å². The van der Waals surface area contributed by atoms with Gasteiger partial charge in [0.1, 0.15) is 0 Å². The molecular weight excluding hydrogens is 260 g/mol. The van der Waals surface area contributed by atoms with E-state index in [9.17, 15) is 0 Å². The number of hydrogen-bond acceptors (Lipinski definition) is 3. The Morgan fingerprint density at radius 1 is 1.33 bits per heavy atom. The lowest BCUT2D eigenvalue weighted by Crippen LogP contribution is -2.30. The Morgan fingerprint density at radius 3 is 2.86 bits per heavy atom. The van der Waals surface area contributed by atoms with Gasteiger partial charge >= 0.3 is 0 Å². The highest BCUT2D eigenvalue weighted by atomic mass is 16.5. The van der Waals surface area contributed by atoms with Gasteiger partial charge in [-0.3, -0.25) is 0 Å². The van der Waals surface area contributed by atoms with Crippen molar-refractivity contribution in [3.63, 3.8) is 0 Å². The molecule has 21 heavy (non-hydrogen) atoms. The van der Waals surface area contributed by atoms with E-state index in [1.54, 1.807) is 0 Å². The van der Waals surface area contributed by atoms with Crippen molar-refractivity contribution in [3.05, 3.63) is 35.4 Å². The minimum Gasteiger partial charge on any atom is -0.381 e. The van der Waals surface area contributed by atoms with Gasteiger partial charge in [0.2, 0.25) is 0 Å². The standard InChI is InChI=1S/C18H30N2O/c1-15(2)19-11-16-6-4-7-17(10-16)12-20(3)13-18-8-5-9-21-14-18/h4,6-7,10,15,18-19H,5,8-9,11-14H2,1-3H3. The first kappa shape index (κ1) is 16.5. The van der Waals surface area contributed by atoms with E-state index < -0.39 is 0 Å². The van der Waals surface area contributed by atoms with Crippen molar-refractivity contribution in [2.24, 2.45) is 5.92 Å². The molecule has 1 N–H and O–H groups in total. The minimum atomic E-state index is 0.530. The van der Waals surface area contributed by atoms with Crippen LogP contribution in [0.3, 0.4) is 0 Å². The zero-order valence-corrected chi connectivity index (χ0v) is 13.8. The van der Waals surface area contributed by atoms with Gasteiger partial charge in [-0.1, -0.05) is 38.1 Å². The summed E-state index contributed by atoms with van der Waals surface area (Å²) in [6.07, 6.45) is 2.53. The molecule has 1 heterocycles. The van der Waals surface area contributed by atoms with E-state index in [1.807, 2.05) is 0 Å². The van der Waals surface area contributed by atoms with Gasteiger partial charge in [0.15, 0.2) is 0 Å². The van der Waals surface area contributed by atoms with E-state index in [1.165, 1.54) is 24.0 Å². The molecule has 1 aliphatic rings. The van der Waals surface area contributed by atoms with Gasteiger partial charge in [-0.25, -0.2) is 0 Å². The summed E-state index contributed by atoms with van der Waals surface area (Å²) in [6.45, 7) is 9.35. The third-order valence-corrected chi connectivity index (χ3v) is 3.98. The Bertz CT molecular complexity index is 413. The Kier molecular flexibility index (Phi) is 6.68. The van der Waals surface area contributed by atoms with Crippen LogP contribution in [-0.2, 0) is 17.8 Å². The van der Waals surface area contributed by atoms with Crippen molar-refractivity contribution < 1.29 is 4.74 Å². The van der Waals surface area contributed by atoms with Crippen LogP contribution < -0.4 is 5.32 Å². The zero-order chi connectivity index (χ0) is 15.1. The molecule has 1 fully saturated rings. The molecule has 0 aliphatic carbocycles. The van der Waals surface area contributed by atoms with Gasteiger partial charge in [-0.2, -0.15) is 0 Å². The lowest BCUT2D eigenvalue weighted by atomic mass is 10.0. The molecule has 118 valence electrons. The lowest BCUT2D eigenvalue weighted by molar-refractivity contribution is 0.0411. The van der Waals surface area contributed by atoms with Crippen LogP contribution in [0.5, 0.6) is 0 Å². The Hall–Kier alpha value is -0.900. The summed E-state index contributed by atoms with van der Waals surface area (Å²) in [5, 5.41) is 3.48. The number of benzene rings is 1. The van der Waals surface area contributed by atoms with E-state index in [2.05, 4.69) is 55.4 Å². The first-order chi connectivity index (χ1) is 10.1. The fourth-order valence-electron chi connectivity index (χ4n) is 2.93. The van der Waals surface area contributed by atoms with E-state index in [0.29, 0.717) is 12.0 Å². The molecule has 0 saturated carbocycles. The van der Waals surface area contributed by atoms with Crippen molar-refractivity contribution in [1.82, 2.24) is 10.2 Å². The Labute approximate surface area is 129 Å². The van der Waals surface area contributed by atoms with Crippen LogP contribution in [0.2, 0.25) is 0 Å². The Morgan fingerprint density at radius 2 is 2.14 bits per heavy atom. The van der Waals surface area contributed by atoms with E-state index in [-0.39, 0.29) is 0 Å². The van der Waals surface area contributed by atoms with Gasteiger partial charge in [-0.15, -0.1) is 0 Å². The van der Waals surface area contributed by atoms with Crippen LogP contribution in [-0.4, -0.2) is 37.7 Å². The average molecular weight is 290 g/mol. The van der Waals surface area contributed by atoms with Crippen molar-refractivity contribution >= 4 is 0 Å². The van der Waals surface area contributed by atoms with Crippen LogP contribution in [0.15, 0.2) is 24.3 Å². The van der Waals surface area contributed by atoms with Crippen molar-refractivity contribution in [2.75, 3.05) is 26.8 Å². The lowest BCUT2D eigenvalue weighted by Gasteiger charge is -2.27. The molecule has 1 aromatic carbocycles. The maximum absolute atomic E-state index is 5.57. The molecule has 1 unspecified atom stereocenters. The molecule has 0 bridgehead atoms. The third-order valence-electron chi connectivity index (χ3n) is 3.98. The molecule has 0 spiro atoms. The SMILES string of the molecule is CC(C)NCc1cccc(CN(C)CC2CCCOC2)c1. The maximum atomic E-state index is 5.57. The zero-order valence-electron chi connectivity index (χ0n) is 13.8. The van der Waals surface area contributed by atoms with Gasteiger partial charge in [-0.05, 0) is 36.9 Å². The number of rotatable bonds is 7. The molecule has 1 saturated heterocycles. The third kappa shape index (κ3) is 6.16. The summed E-state index contributed by atoms with van der Waals surface area (Å²) in [7, 11) is 2.22. The average Bonchev–Trinajstić information content (AvgIpc) is 2.46. The van der Waals surface area contributed by atoms with Gasteiger partial charge in [0, 0.05) is 32.3 Å². The quantitative estimate of drug-likeness (QED) is 0.835. The maximum Gasteiger partial charge on any atom is 0.0506 e. The summed E-state index contributed by atoms with van der Waals surface area (Å²) in [5.41, 5.74) is 2.77. The summed E-state index contributed by atoms with van der Waals surface area (Å²) < 4.78 is 5.57. The molecule has 2 rings (SSSR count). The predicted molar refractivity (Wildman–Crippen MR) is 88.3 cm³/mol. The normalized spacial score (nSPS) is 19.4. The molecule has 3 heteroatoms. The monoisotopic (exact) mass is 290 g/mol. The topological polar surface area (TPSA) is 24.5 Å². The number of ether oxygens (including phenoxy) is 1. The van der Waals surface area contributed by atoms with Crippen LogP contribution in [0.1, 0.15) is 37.8 Å². The molecule has 1 aliphatic heterocycles. The fourth-order valence-corrected chi connectivity index (χ4v) is 2.93. The van der Waals surface area contributed by atoms with Gasteiger partial charge in [0.05, 0.1) is 6.61 Å². The minimum absolute atomic E-state index is 0.530. The fraction of sp³-hybridized carbons (Fsp3) is 0.667. The number of nitrogens with one attached hydrogen (secondary N) is 1. The first-order valence-corrected chi connectivity index (χ1v) is 8.21. The van der Waals surface area contributed by atoms with E-state index in [0.717, 1.165) is 32.8 Å². The van der Waals surface area contributed by atoms with Crippen LogP contribution in [0.4, 0.5) is 0 Å². The second-order valence-corrected chi connectivity index (χ2v) is 6.64. The summed E-state index contributed by atoms with van der Waals surface area (Å²) in [6, 6.07) is 9.45. The van der Waals surface area contributed by atoms with Crippen LogP contribution >= 0.6 is 0 Å². The highest BCUT2D eigenvalue weighted by Gasteiger charge is 2.15.